The molecule has 2 amide bonds. The van der Waals surface area contributed by atoms with Gasteiger partial charge in [-0.2, -0.15) is 4.98 Å². The van der Waals surface area contributed by atoms with Gasteiger partial charge in [0.2, 0.25) is 5.91 Å². The van der Waals surface area contributed by atoms with Gasteiger partial charge < -0.3 is 14.8 Å². The van der Waals surface area contributed by atoms with Gasteiger partial charge in [-0.1, -0.05) is 0 Å². The lowest BCUT2D eigenvalue weighted by Gasteiger charge is -2.08. The number of carboxylic acid groups (broad SMARTS) is 1. The van der Waals surface area contributed by atoms with Crippen LogP contribution in [0.5, 0.6) is 0 Å². The average molecular weight is 289 g/mol. The van der Waals surface area contributed by atoms with Gasteiger partial charge in [0.25, 0.3) is 11.9 Å². The molecule has 0 aliphatic carbocycles. The number of aromatic nitrogens is 1. The molecule has 1 aliphatic heterocycles. The molecule has 2 aromatic rings. The average Bonchev–Trinajstić information content (AvgIpc) is 2.95. The van der Waals surface area contributed by atoms with Gasteiger partial charge in [-0.05, 0) is 18.2 Å². The Bertz CT molecular complexity index is 766. The smallest absolute Gasteiger partial charge is 0.335 e. The van der Waals surface area contributed by atoms with Crippen LogP contribution in [0.2, 0.25) is 0 Å². The van der Waals surface area contributed by atoms with Crippen LogP contribution in [0.3, 0.4) is 0 Å². The molecular formula is C13H11N3O5. The first-order valence-electron chi connectivity index (χ1n) is 6.16. The molecule has 0 radical (unpaired) electrons. The summed E-state index contributed by atoms with van der Waals surface area (Å²) in [5, 5.41) is 11.7. The number of carbonyl (C=O) groups excluding carboxylic acids is 2. The minimum Gasteiger partial charge on any atom is -0.478 e. The summed E-state index contributed by atoms with van der Waals surface area (Å²) >= 11 is 0. The monoisotopic (exact) mass is 289 g/mol. The molecule has 1 saturated heterocycles. The summed E-state index contributed by atoms with van der Waals surface area (Å²) in [5.41, 5.74) is 0.840. The maximum absolute atomic E-state index is 11.8. The number of nitrogens with one attached hydrogen (secondary N) is 1. The largest absolute Gasteiger partial charge is 0.478 e. The second kappa shape index (κ2) is 4.58. The fourth-order valence-electron chi connectivity index (χ4n) is 2.14. The SMILES string of the molecule is CN1C(=O)CC(Nc2nc3ccc(C(=O)O)cc3o2)C1=O. The van der Waals surface area contributed by atoms with Gasteiger partial charge in [0, 0.05) is 7.05 Å². The lowest BCUT2D eigenvalue weighted by atomic mass is 10.2. The molecule has 1 unspecified atom stereocenters. The number of fused-ring (bicyclic) bond motifs is 1. The first-order valence-corrected chi connectivity index (χ1v) is 6.16. The van der Waals surface area contributed by atoms with Crippen LogP contribution in [-0.2, 0) is 9.59 Å². The minimum absolute atomic E-state index is 0.0361. The third kappa shape index (κ3) is 2.20. The van der Waals surface area contributed by atoms with E-state index < -0.39 is 12.0 Å². The summed E-state index contributed by atoms with van der Waals surface area (Å²) in [6, 6.07) is 3.64. The van der Waals surface area contributed by atoms with Crippen LogP contribution in [0.4, 0.5) is 6.01 Å². The molecule has 8 heteroatoms. The Morgan fingerprint density at radius 2 is 2.24 bits per heavy atom. The zero-order chi connectivity index (χ0) is 15.1. The van der Waals surface area contributed by atoms with Crippen molar-refractivity contribution in [1.29, 1.82) is 0 Å². The third-order valence-corrected chi connectivity index (χ3v) is 3.31. The normalized spacial score (nSPS) is 18.5. The third-order valence-electron chi connectivity index (χ3n) is 3.31. The molecule has 0 spiro atoms. The van der Waals surface area contributed by atoms with Crippen LogP contribution in [0.1, 0.15) is 16.8 Å². The van der Waals surface area contributed by atoms with Crippen LogP contribution in [0.15, 0.2) is 22.6 Å². The predicted molar refractivity (Wildman–Crippen MR) is 70.8 cm³/mol. The zero-order valence-electron chi connectivity index (χ0n) is 11.0. The Labute approximate surface area is 118 Å². The lowest BCUT2D eigenvalue weighted by molar-refractivity contribution is -0.136. The van der Waals surface area contributed by atoms with Crippen molar-refractivity contribution in [3.05, 3.63) is 23.8 Å². The predicted octanol–water partition coefficient (Wildman–Crippen LogP) is 0.695. The lowest BCUT2D eigenvalue weighted by Crippen LogP contribution is -2.31. The highest BCUT2D eigenvalue weighted by Gasteiger charge is 2.36. The minimum atomic E-state index is -1.07. The van der Waals surface area contributed by atoms with Crippen molar-refractivity contribution in [1.82, 2.24) is 9.88 Å². The highest BCUT2D eigenvalue weighted by atomic mass is 16.4. The summed E-state index contributed by atoms with van der Waals surface area (Å²) in [5.74, 6) is -1.70. The van der Waals surface area contributed by atoms with Crippen molar-refractivity contribution in [3.8, 4) is 0 Å². The number of imide groups is 1. The van der Waals surface area contributed by atoms with Gasteiger partial charge in [0.15, 0.2) is 5.58 Å². The number of rotatable bonds is 3. The van der Waals surface area contributed by atoms with Crippen molar-refractivity contribution in [2.45, 2.75) is 12.5 Å². The van der Waals surface area contributed by atoms with E-state index in [2.05, 4.69) is 10.3 Å². The standard InChI is InChI=1S/C13H11N3O5/c1-16-10(17)5-8(11(16)18)15-13-14-7-3-2-6(12(19)20)4-9(7)21-13/h2-4,8H,5H2,1H3,(H,14,15)(H,19,20). The molecule has 1 aliphatic rings. The fraction of sp³-hybridized carbons (Fsp3) is 0.231. The van der Waals surface area contributed by atoms with E-state index in [4.69, 9.17) is 9.52 Å². The Hall–Kier alpha value is -2.90. The van der Waals surface area contributed by atoms with Gasteiger partial charge in [-0.3, -0.25) is 14.5 Å². The number of oxazole rings is 1. The van der Waals surface area contributed by atoms with E-state index in [1.807, 2.05) is 0 Å². The second-order valence-corrected chi connectivity index (χ2v) is 4.70. The van der Waals surface area contributed by atoms with Crippen molar-refractivity contribution in [2.75, 3.05) is 12.4 Å². The Morgan fingerprint density at radius 1 is 1.48 bits per heavy atom. The van der Waals surface area contributed by atoms with Gasteiger partial charge >= 0.3 is 5.97 Å². The Balaban J connectivity index is 1.87. The van der Waals surface area contributed by atoms with E-state index >= 15 is 0 Å². The van der Waals surface area contributed by atoms with E-state index in [1.165, 1.54) is 25.2 Å². The van der Waals surface area contributed by atoms with E-state index in [9.17, 15) is 14.4 Å². The van der Waals surface area contributed by atoms with Crippen molar-refractivity contribution in [2.24, 2.45) is 0 Å². The van der Waals surface area contributed by atoms with Crippen LogP contribution in [0, 0.1) is 0 Å². The molecular weight excluding hydrogens is 278 g/mol. The number of anilines is 1. The maximum atomic E-state index is 11.8. The maximum Gasteiger partial charge on any atom is 0.335 e. The number of benzene rings is 1. The summed E-state index contributed by atoms with van der Waals surface area (Å²) in [6.07, 6.45) is 0.0361. The van der Waals surface area contributed by atoms with Crippen LogP contribution in [-0.4, -0.2) is 45.9 Å². The molecule has 0 saturated carbocycles. The molecule has 1 aromatic carbocycles. The molecule has 2 N–H and O–H groups in total. The van der Waals surface area contributed by atoms with Gasteiger partial charge in [0.1, 0.15) is 11.6 Å². The number of amides is 2. The Morgan fingerprint density at radius 3 is 2.86 bits per heavy atom. The summed E-state index contributed by atoms with van der Waals surface area (Å²) in [7, 11) is 1.41. The van der Waals surface area contributed by atoms with Crippen molar-refractivity contribution in [3.63, 3.8) is 0 Å². The summed E-state index contributed by atoms with van der Waals surface area (Å²) in [4.78, 5) is 39.2. The Kier molecular flexibility index (Phi) is 2.86. The van der Waals surface area contributed by atoms with Crippen LogP contribution in [0.25, 0.3) is 11.1 Å². The first kappa shape index (κ1) is 13.1. The number of carboxylic acids is 1. The molecule has 0 bridgehead atoms. The summed E-state index contributed by atoms with van der Waals surface area (Å²) in [6.45, 7) is 0. The second-order valence-electron chi connectivity index (χ2n) is 4.70. The van der Waals surface area contributed by atoms with Crippen molar-refractivity contribution >= 4 is 34.9 Å². The fourth-order valence-corrected chi connectivity index (χ4v) is 2.14. The van der Waals surface area contributed by atoms with Crippen molar-refractivity contribution < 1.29 is 23.9 Å². The van der Waals surface area contributed by atoms with E-state index in [1.54, 1.807) is 0 Å². The number of hydrogen-bond donors (Lipinski definition) is 2. The molecule has 21 heavy (non-hydrogen) atoms. The van der Waals surface area contributed by atoms with E-state index in [0.717, 1.165) is 4.90 Å². The molecule has 1 aromatic heterocycles. The highest BCUT2D eigenvalue weighted by molar-refractivity contribution is 6.06. The molecule has 8 nitrogen and oxygen atoms in total. The number of carbonyl (C=O) groups is 3. The molecule has 108 valence electrons. The van der Waals surface area contributed by atoms with Gasteiger partial charge in [0.05, 0.1) is 12.0 Å². The van der Waals surface area contributed by atoms with Crippen LogP contribution < -0.4 is 5.32 Å². The first-order chi connectivity index (χ1) is 9.95. The number of aromatic carboxylic acids is 1. The number of likely N-dealkylation sites (N-methyl/N-ethyl adjacent to an activating group) is 1. The molecule has 3 rings (SSSR count). The molecule has 1 atom stereocenters. The van der Waals surface area contributed by atoms with E-state index in [0.29, 0.717) is 11.1 Å². The topological polar surface area (TPSA) is 113 Å². The van der Waals surface area contributed by atoms with Gasteiger partial charge in [-0.25, -0.2) is 4.79 Å². The van der Waals surface area contributed by atoms with E-state index in [-0.39, 0.29) is 29.8 Å². The van der Waals surface area contributed by atoms with Crippen LogP contribution >= 0.6 is 0 Å². The molecule has 2 heterocycles. The number of hydrogen-bond acceptors (Lipinski definition) is 6. The van der Waals surface area contributed by atoms with Gasteiger partial charge in [-0.15, -0.1) is 0 Å². The summed E-state index contributed by atoms with van der Waals surface area (Å²) < 4.78 is 5.37. The highest BCUT2D eigenvalue weighted by Crippen LogP contribution is 2.23. The molecule has 1 fully saturated rings. The number of nitrogens with zero attached hydrogens (tertiary/aromatic N) is 2. The quantitative estimate of drug-likeness (QED) is 0.799. The zero-order valence-corrected chi connectivity index (χ0v) is 11.0. The number of likely N-dealkylation sites (tertiary alicyclic amines) is 1.